The molecule has 0 spiro atoms. The van der Waals surface area contributed by atoms with Gasteiger partial charge in [-0.3, -0.25) is 14.2 Å². The number of rotatable bonds is 8. The zero-order valence-corrected chi connectivity index (χ0v) is 19.7. The average Bonchev–Trinajstić information content (AvgIpc) is 3.48. The van der Waals surface area contributed by atoms with Gasteiger partial charge in [0, 0.05) is 18.2 Å². The lowest BCUT2D eigenvalue weighted by molar-refractivity contribution is -0.113. The third-order valence-electron chi connectivity index (χ3n) is 5.35. The Morgan fingerprint density at radius 2 is 1.91 bits per heavy atom. The summed E-state index contributed by atoms with van der Waals surface area (Å²) in [5, 5.41) is 11.9. The van der Waals surface area contributed by atoms with Gasteiger partial charge in [-0.15, -0.1) is 16.8 Å². The minimum atomic E-state index is -0.452. The molecule has 0 bridgehead atoms. The summed E-state index contributed by atoms with van der Waals surface area (Å²) in [6, 6.07) is 10.6. The third kappa shape index (κ3) is 4.67. The molecule has 35 heavy (non-hydrogen) atoms. The maximum absolute atomic E-state index is 12.7. The molecule has 180 valence electrons. The number of ether oxygens (including phenoxy) is 4. The Labute approximate surface area is 205 Å². The molecule has 0 aliphatic carbocycles. The number of benzene rings is 2. The Morgan fingerprint density at radius 3 is 2.69 bits per heavy atom. The summed E-state index contributed by atoms with van der Waals surface area (Å²) >= 11 is 1.22. The van der Waals surface area contributed by atoms with Gasteiger partial charge in [0.25, 0.3) is 0 Å². The average molecular weight is 495 g/mol. The second-order valence-electron chi connectivity index (χ2n) is 7.75. The molecule has 0 unspecified atom stereocenters. The van der Waals surface area contributed by atoms with E-state index in [2.05, 4.69) is 22.1 Å². The van der Waals surface area contributed by atoms with Crippen LogP contribution in [0.4, 0.5) is 5.69 Å². The summed E-state index contributed by atoms with van der Waals surface area (Å²) in [5.74, 6) is 2.39. The number of carbonyl (C=O) groups excluding carboxylic acids is 2. The van der Waals surface area contributed by atoms with E-state index in [4.69, 9.17) is 18.9 Å². The standard InChI is InChI=1S/C24H22N4O6S/c1-3-8-28-23(21-11-31-17-6-4-5-7-18(17)34-21)26-27-24(28)35-12-22(30)25-16-10-20-19(32-13-33-20)9-15(16)14(2)29/h3-7,9-10,21H,1,8,11-13H2,2H3,(H,25,30)/t21-/m1/s1. The maximum atomic E-state index is 12.7. The van der Waals surface area contributed by atoms with Crippen molar-refractivity contribution in [2.24, 2.45) is 0 Å². The van der Waals surface area contributed by atoms with Crippen molar-refractivity contribution in [3.8, 4) is 23.0 Å². The molecule has 0 saturated heterocycles. The molecule has 1 aromatic heterocycles. The molecule has 11 heteroatoms. The van der Waals surface area contributed by atoms with Crippen LogP contribution in [-0.2, 0) is 11.3 Å². The van der Waals surface area contributed by atoms with Gasteiger partial charge >= 0.3 is 0 Å². The van der Waals surface area contributed by atoms with Gasteiger partial charge < -0.3 is 24.3 Å². The van der Waals surface area contributed by atoms with Crippen molar-refractivity contribution in [2.45, 2.75) is 24.7 Å². The van der Waals surface area contributed by atoms with E-state index in [-0.39, 0.29) is 30.8 Å². The molecule has 0 fully saturated rings. The number of hydrogen-bond donors (Lipinski definition) is 1. The van der Waals surface area contributed by atoms with Crippen molar-refractivity contribution < 1.29 is 28.5 Å². The van der Waals surface area contributed by atoms with Crippen molar-refractivity contribution in [2.75, 3.05) is 24.5 Å². The minimum absolute atomic E-state index is 0.0475. The molecule has 5 rings (SSSR count). The summed E-state index contributed by atoms with van der Waals surface area (Å²) in [6.45, 7) is 6.03. The predicted octanol–water partition coefficient (Wildman–Crippen LogP) is 3.64. The van der Waals surface area contributed by atoms with Gasteiger partial charge in [-0.25, -0.2) is 0 Å². The van der Waals surface area contributed by atoms with Crippen molar-refractivity contribution >= 4 is 29.1 Å². The van der Waals surface area contributed by atoms with Gasteiger partial charge in [0.05, 0.1) is 11.4 Å². The molecule has 0 saturated carbocycles. The Hall–Kier alpha value is -3.99. The molecule has 2 aliphatic heterocycles. The highest BCUT2D eigenvalue weighted by Crippen LogP contribution is 2.38. The zero-order chi connectivity index (χ0) is 24.4. The molecule has 0 radical (unpaired) electrons. The Bertz CT molecular complexity index is 1310. The highest BCUT2D eigenvalue weighted by atomic mass is 32.2. The van der Waals surface area contributed by atoms with Gasteiger partial charge in [-0.1, -0.05) is 30.0 Å². The lowest BCUT2D eigenvalue weighted by Gasteiger charge is -2.26. The second-order valence-corrected chi connectivity index (χ2v) is 8.69. The minimum Gasteiger partial charge on any atom is -0.485 e. The molecular formula is C24H22N4O6S. The van der Waals surface area contributed by atoms with E-state index in [0.717, 1.165) is 0 Å². The predicted molar refractivity (Wildman–Crippen MR) is 127 cm³/mol. The fourth-order valence-corrected chi connectivity index (χ4v) is 4.50. The summed E-state index contributed by atoms with van der Waals surface area (Å²) in [4.78, 5) is 24.8. The first-order valence-corrected chi connectivity index (χ1v) is 11.8. The Kier molecular flexibility index (Phi) is 6.32. The summed E-state index contributed by atoms with van der Waals surface area (Å²) in [6.07, 6.45) is 1.27. The van der Waals surface area contributed by atoms with Crippen LogP contribution in [0.15, 0.2) is 54.2 Å². The topological polar surface area (TPSA) is 114 Å². The van der Waals surface area contributed by atoms with Gasteiger partial charge in [-0.2, -0.15) is 0 Å². The second kappa shape index (κ2) is 9.71. The number of aromatic nitrogens is 3. The first-order chi connectivity index (χ1) is 17.0. The molecule has 2 aromatic carbocycles. The van der Waals surface area contributed by atoms with Crippen molar-refractivity contribution in [1.82, 2.24) is 14.8 Å². The zero-order valence-electron chi connectivity index (χ0n) is 18.9. The number of para-hydroxylation sites is 2. The first kappa shape index (κ1) is 22.8. The van der Waals surface area contributed by atoms with Gasteiger partial charge in [0.2, 0.25) is 12.7 Å². The molecule has 3 heterocycles. The molecule has 1 atom stereocenters. The van der Waals surface area contributed by atoms with Crippen LogP contribution in [0, 0.1) is 0 Å². The number of Topliss-reactive ketones (excluding diaryl/α,β-unsaturated/α-hetero) is 1. The molecule has 10 nitrogen and oxygen atoms in total. The van der Waals surface area contributed by atoms with Crippen LogP contribution in [0.2, 0.25) is 0 Å². The van der Waals surface area contributed by atoms with Crippen LogP contribution < -0.4 is 24.3 Å². The summed E-state index contributed by atoms with van der Waals surface area (Å²) < 4.78 is 24.4. The molecule has 2 aliphatic rings. The lowest BCUT2D eigenvalue weighted by atomic mass is 10.1. The van der Waals surface area contributed by atoms with Crippen LogP contribution in [0.25, 0.3) is 0 Å². The van der Waals surface area contributed by atoms with E-state index in [1.807, 2.05) is 28.8 Å². The SMILES string of the molecule is C=CCn1c(SCC(=O)Nc2cc3c(cc2C(C)=O)OCO3)nnc1[C@H]1COc2ccccc2O1. The number of ketones is 1. The van der Waals surface area contributed by atoms with E-state index < -0.39 is 6.10 Å². The van der Waals surface area contributed by atoms with E-state index >= 15 is 0 Å². The number of carbonyl (C=O) groups is 2. The summed E-state index contributed by atoms with van der Waals surface area (Å²) in [5.41, 5.74) is 0.714. The monoisotopic (exact) mass is 494 g/mol. The largest absolute Gasteiger partial charge is 0.485 e. The number of anilines is 1. The molecule has 3 aromatic rings. The number of fused-ring (bicyclic) bond motifs is 2. The molecule has 1 N–H and O–H groups in total. The van der Waals surface area contributed by atoms with E-state index in [0.29, 0.717) is 51.8 Å². The van der Waals surface area contributed by atoms with Crippen molar-refractivity contribution in [3.05, 3.63) is 60.4 Å². The quantitative estimate of drug-likeness (QED) is 0.285. The molecule has 1 amide bonds. The Balaban J connectivity index is 1.29. The molecular weight excluding hydrogens is 472 g/mol. The highest BCUT2D eigenvalue weighted by molar-refractivity contribution is 7.99. The van der Waals surface area contributed by atoms with Crippen LogP contribution in [0.1, 0.15) is 29.2 Å². The number of nitrogens with one attached hydrogen (secondary N) is 1. The van der Waals surface area contributed by atoms with Crippen LogP contribution >= 0.6 is 11.8 Å². The van der Waals surface area contributed by atoms with Crippen molar-refractivity contribution in [1.29, 1.82) is 0 Å². The normalized spacial score (nSPS) is 15.5. The Morgan fingerprint density at radius 1 is 1.14 bits per heavy atom. The van der Waals surface area contributed by atoms with Crippen LogP contribution in [0.3, 0.4) is 0 Å². The number of allylic oxidation sites excluding steroid dienone is 1. The lowest BCUT2D eigenvalue weighted by Crippen LogP contribution is -2.25. The van der Waals surface area contributed by atoms with E-state index in [9.17, 15) is 9.59 Å². The number of hydrogen-bond acceptors (Lipinski definition) is 9. The van der Waals surface area contributed by atoms with Crippen molar-refractivity contribution in [3.63, 3.8) is 0 Å². The first-order valence-electron chi connectivity index (χ1n) is 10.8. The third-order valence-corrected chi connectivity index (χ3v) is 6.32. The smallest absolute Gasteiger partial charge is 0.234 e. The van der Waals surface area contributed by atoms with Gasteiger partial charge in [0.1, 0.15) is 6.61 Å². The van der Waals surface area contributed by atoms with E-state index in [1.54, 1.807) is 18.2 Å². The van der Waals surface area contributed by atoms with Gasteiger partial charge in [0.15, 0.2) is 45.9 Å². The number of amides is 1. The number of nitrogens with zero attached hydrogens (tertiary/aromatic N) is 3. The fourth-order valence-electron chi connectivity index (χ4n) is 3.75. The fraction of sp³-hybridized carbons (Fsp3) is 0.250. The number of thioether (sulfide) groups is 1. The van der Waals surface area contributed by atoms with Crippen LogP contribution in [0.5, 0.6) is 23.0 Å². The maximum Gasteiger partial charge on any atom is 0.234 e. The van der Waals surface area contributed by atoms with E-state index in [1.165, 1.54) is 18.7 Å². The summed E-state index contributed by atoms with van der Waals surface area (Å²) in [7, 11) is 0. The van der Waals surface area contributed by atoms with Gasteiger partial charge in [-0.05, 0) is 25.1 Å². The highest BCUT2D eigenvalue weighted by Gasteiger charge is 2.28. The van der Waals surface area contributed by atoms with Crippen LogP contribution in [-0.4, -0.2) is 45.6 Å².